The Hall–Kier alpha value is -2.05. The highest BCUT2D eigenvalue weighted by molar-refractivity contribution is 6.74. The SMILES string of the molecule is C=C(OC)O[Si](C)(C)C(C)(C)C.Cc1ccc2cccnc2c1N1CCCNCC1. The monoisotopic (exact) mass is 429 g/mol. The molecule has 0 atom stereocenters. The van der Waals surface area contributed by atoms with Gasteiger partial charge in [0.15, 0.2) is 0 Å². The van der Waals surface area contributed by atoms with Crippen LogP contribution in [0, 0.1) is 6.92 Å². The number of hydrogen-bond acceptors (Lipinski definition) is 5. The molecule has 3 rings (SSSR count). The maximum atomic E-state index is 5.67. The molecule has 0 saturated carbocycles. The third kappa shape index (κ3) is 6.22. The van der Waals surface area contributed by atoms with Crippen molar-refractivity contribution >= 4 is 24.9 Å². The highest BCUT2D eigenvalue weighted by atomic mass is 28.4. The zero-order valence-electron chi connectivity index (χ0n) is 19.8. The molecule has 1 saturated heterocycles. The van der Waals surface area contributed by atoms with Crippen molar-refractivity contribution in [2.75, 3.05) is 38.2 Å². The highest BCUT2D eigenvalue weighted by Gasteiger charge is 2.39. The van der Waals surface area contributed by atoms with E-state index in [1.54, 1.807) is 7.11 Å². The Morgan fingerprint density at radius 3 is 2.57 bits per heavy atom. The average Bonchev–Trinajstić information content (AvgIpc) is 2.96. The van der Waals surface area contributed by atoms with Crippen LogP contribution >= 0.6 is 0 Å². The van der Waals surface area contributed by atoms with E-state index in [1.165, 1.54) is 23.1 Å². The molecule has 1 aromatic heterocycles. The summed E-state index contributed by atoms with van der Waals surface area (Å²) in [4.78, 5) is 7.06. The number of benzene rings is 1. The van der Waals surface area contributed by atoms with Gasteiger partial charge in [-0.2, -0.15) is 0 Å². The quantitative estimate of drug-likeness (QED) is 0.516. The summed E-state index contributed by atoms with van der Waals surface area (Å²) >= 11 is 0. The Kier molecular flexibility index (Phi) is 8.32. The predicted molar refractivity (Wildman–Crippen MR) is 131 cm³/mol. The number of aromatic nitrogens is 1. The van der Waals surface area contributed by atoms with Crippen molar-refractivity contribution in [3.63, 3.8) is 0 Å². The third-order valence-electron chi connectivity index (χ3n) is 6.01. The second-order valence-electron chi connectivity index (χ2n) is 9.34. The van der Waals surface area contributed by atoms with E-state index in [-0.39, 0.29) is 5.04 Å². The van der Waals surface area contributed by atoms with Crippen molar-refractivity contribution in [1.82, 2.24) is 10.3 Å². The van der Waals surface area contributed by atoms with Crippen molar-refractivity contribution < 1.29 is 9.16 Å². The summed E-state index contributed by atoms with van der Waals surface area (Å²) in [5.74, 6) is 0.432. The Bertz CT molecular complexity index is 838. The molecule has 5 nitrogen and oxygen atoms in total. The van der Waals surface area contributed by atoms with Gasteiger partial charge in [-0.3, -0.25) is 4.98 Å². The summed E-state index contributed by atoms with van der Waals surface area (Å²) in [5, 5.41) is 4.89. The maximum Gasteiger partial charge on any atom is 0.257 e. The van der Waals surface area contributed by atoms with Crippen LogP contribution in [0.2, 0.25) is 18.1 Å². The molecule has 0 aliphatic carbocycles. The fourth-order valence-electron chi connectivity index (χ4n) is 3.18. The Labute approximate surface area is 183 Å². The van der Waals surface area contributed by atoms with E-state index < -0.39 is 8.32 Å². The van der Waals surface area contributed by atoms with Crippen LogP contribution in [-0.2, 0) is 9.16 Å². The molecule has 1 aliphatic rings. The van der Waals surface area contributed by atoms with Gasteiger partial charge < -0.3 is 19.4 Å². The first kappa shape index (κ1) is 24.2. The minimum absolute atomic E-state index is 0.203. The second-order valence-corrected chi connectivity index (χ2v) is 14.1. The van der Waals surface area contributed by atoms with E-state index in [9.17, 15) is 0 Å². The first-order valence-corrected chi connectivity index (χ1v) is 13.7. The van der Waals surface area contributed by atoms with Crippen LogP contribution < -0.4 is 10.2 Å². The Balaban J connectivity index is 0.000000235. The van der Waals surface area contributed by atoms with Gasteiger partial charge in [0.25, 0.3) is 14.3 Å². The normalized spacial score (nSPS) is 15.1. The first-order valence-electron chi connectivity index (χ1n) is 10.8. The van der Waals surface area contributed by atoms with Crippen LogP contribution in [0.25, 0.3) is 10.9 Å². The largest absolute Gasteiger partial charge is 0.519 e. The zero-order chi connectivity index (χ0) is 22.4. The lowest BCUT2D eigenvalue weighted by Gasteiger charge is -2.36. The molecular weight excluding hydrogens is 390 g/mol. The van der Waals surface area contributed by atoms with Gasteiger partial charge in [-0.15, -0.1) is 0 Å². The minimum atomic E-state index is -1.71. The van der Waals surface area contributed by atoms with E-state index in [0.717, 1.165) is 31.7 Å². The molecular formula is C24H39N3O2Si. The van der Waals surface area contributed by atoms with Gasteiger partial charge in [0.05, 0.1) is 18.3 Å². The summed E-state index contributed by atoms with van der Waals surface area (Å²) in [5.41, 5.74) is 3.78. The number of aryl methyl sites for hydroxylation is 1. The van der Waals surface area contributed by atoms with Crippen molar-refractivity contribution in [2.45, 2.75) is 52.2 Å². The smallest absolute Gasteiger partial charge is 0.257 e. The highest BCUT2D eigenvalue weighted by Crippen LogP contribution is 2.37. The molecule has 1 aromatic carbocycles. The van der Waals surface area contributed by atoms with Crippen LogP contribution in [0.3, 0.4) is 0 Å². The molecule has 0 spiro atoms. The average molecular weight is 430 g/mol. The predicted octanol–water partition coefficient (Wildman–Crippen LogP) is 5.47. The molecule has 2 aromatic rings. The lowest BCUT2D eigenvalue weighted by atomic mass is 10.1. The molecule has 6 heteroatoms. The van der Waals surface area contributed by atoms with E-state index in [2.05, 4.69) is 80.8 Å². The molecule has 0 unspecified atom stereocenters. The summed E-state index contributed by atoms with van der Waals surface area (Å²) in [6.45, 7) is 21.1. The van der Waals surface area contributed by atoms with Gasteiger partial charge in [0, 0.05) is 31.2 Å². The molecule has 1 N–H and O–H groups in total. The molecule has 2 heterocycles. The van der Waals surface area contributed by atoms with Gasteiger partial charge in [-0.05, 0) is 56.2 Å². The minimum Gasteiger partial charge on any atom is -0.519 e. The number of pyridine rings is 1. The number of methoxy groups -OCH3 is 1. The number of fused-ring (bicyclic) bond motifs is 1. The summed E-state index contributed by atoms with van der Waals surface area (Å²) in [7, 11) is -0.135. The van der Waals surface area contributed by atoms with E-state index in [1.807, 2.05) is 12.3 Å². The van der Waals surface area contributed by atoms with Gasteiger partial charge in [-0.25, -0.2) is 0 Å². The van der Waals surface area contributed by atoms with Gasteiger partial charge >= 0.3 is 0 Å². The van der Waals surface area contributed by atoms with Crippen LogP contribution in [0.4, 0.5) is 5.69 Å². The lowest BCUT2D eigenvalue weighted by molar-refractivity contribution is 0.143. The second kappa shape index (κ2) is 10.3. The molecule has 0 amide bonds. The van der Waals surface area contributed by atoms with Crippen LogP contribution in [0.15, 0.2) is 43.0 Å². The van der Waals surface area contributed by atoms with Crippen LogP contribution in [-0.4, -0.2) is 46.6 Å². The van der Waals surface area contributed by atoms with Crippen LogP contribution in [0.1, 0.15) is 32.8 Å². The number of rotatable bonds is 4. The third-order valence-corrected chi connectivity index (χ3v) is 10.4. The number of nitrogens with one attached hydrogen (secondary N) is 1. The number of anilines is 1. The molecule has 1 aliphatic heterocycles. The van der Waals surface area contributed by atoms with E-state index >= 15 is 0 Å². The van der Waals surface area contributed by atoms with Gasteiger partial charge in [-0.1, -0.05) is 39.0 Å². The fourth-order valence-corrected chi connectivity index (χ4v) is 4.14. The van der Waals surface area contributed by atoms with E-state index in [0.29, 0.717) is 5.95 Å². The molecule has 0 bridgehead atoms. The molecule has 1 fully saturated rings. The summed E-state index contributed by atoms with van der Waals surface area (Å²) in [6.07, 6.45) is 3.09. The van der Waals surface area contributed by atoms with E-state index in [4.69, 9.17) is 9.16 Å². The summed E-state index contributed by atoms with van der Waals surface area (Å²) in [6, 6.07) is 8.52. The topological polar surface area (TPSA) is 46.6 Å². The number of ether oxygens (including phenoxy) is 1. The molecule has 0 radical (unpaired) electrons. The maximum absolute atomic E-state index is 5.67. The Morgan fingerprint density at radius 1 is 1.17 bits per heavy atom. The van der Waals surface area contributed by atoms with Crippen molar-refractivity contribution in [3.05, 3.63) is 48.5 Å². The van der Waals surface area contributed by atoms with Crippen molar-refractivity contribution in [2.24, 2.45) is 0 Å². The van der Waals surface area contributed by atoms with Crippen molar-refractivity contribution in [1.29, 1.82) is 0 Å². The van der Waals surface area contributed by atoms with Crippen molar-refractivity contribution in [3.8, 4) is 0 Å². The Morgan fingerprint density at radius 2 is 1.90 bits per heavy atom. The van der Waals surface area contributed by atoms with Gasteiger partial charge in [0.1, 0.15) is 0 Å². The lowest BCUT2D eigenvalue weighted by Crippen LogP contribution is -2.40. The number of nitrogens with zero attached hydrogens (tertiary/aromatic N) is 2. The van der Waals surface area contributed by atoms with Crippen LogP contribution in [0.5, 0.6) is 0 Å². The standard InChI is InChI=1S/C15H19N3.C9H20O2Si/c1-12-5-6-13-4-2-8-17-14(13)15(12)18-10-3-7-16-9-11-18;1-8(10-5)11-12(6,7)9(2,3)4/h2,4-6,8,16H,3,7,9-11H2,1H3;1H2,2-7H3. The molecule has 166 valence electrons. The first-order chi connectivity index (χ1) is 14.1. The molecule has 30 heavy (non-hydrogen) atoms. The fraction of sp³-hybridized carbons (Fsp3) is 0.542. The number of hydrogen-bond donors (Lipinski definition) is 1. The zero-order valence-corrected chi connectivity index (χ0v) is 20.8. The van der Waals surface area contributed by atoms with Gasteiger partial charge in [0.2, 0.25) is 0 Å². The summed E-state index contributed by atoms with van der Waals surface area (Å²) < 4.78 is 10.6.